The summed E-state index contributed by atoms with van der Waals surface area (Å²) >= 11 is 1.67. The second-order valence-corrected chi connectivity index (χ2v) is 7.98. The Hall–Kier alpha value is -2.27. The first-order valence-corrected chi connectivity index (χ1v) is 10.9. The number of rotatable bonds is 6. The molecule has 1 amide bonds. The maximum atomic E-state index is 13.1. The normalized spacial score (nSPS) is 18.7. The van der Waals surface area contributed by atoms with E-state index in [1.54, 1.807) is 22.7 Å². The molecule has 0 fully saturated rings. The molecule has 0 N–H and O–H groups in total. The molecular formula is C23H27NO3S. The van der Waals surface area contributed by atoms with Crippen molar-refractivity contribution < 1.29 is 14.3 Å². The Morgan fingerprint density at radius 2 is 2.00 bits per heavy atom. The van der Waals surface area contributed by atoms with Crippen LogP contribution >= 0.6 is 11.8 Å². The van der Waals surface area contributed by atoms with E-state index < -0.39 is 5.97 Å². The lowest BCUT2D eigenvalue weighted by molar-refractivity contribution is -0.136. The molecule has 2 aliphatic rings. The SMILES string of the molecule is COC(=O)C1=C(C)N(CCC2=CCCCC2)C(=O)/C1=C\c1ccc(SC)cc1. The van der Waals surface area contributed by atoms with Crippen molar-refractivity contribution in [3.05, 3.63) is 58.3 Å². The minimum absolute atomic E-state index is 0.122. The maximum absolute atomic E-state index is 13.1. The lowest BCUT2D eigenvalue weighted by Gasteiger charge is -2.20. The van der Waals surface area contributed by atoms with E-state index in [2.05, 4.69) is 6.08 Å². The topological polar surface area (TPSA) is 46.6 Å². The molecule has 148 valence electrons. The summed E-state index contributed by atoms with van der Waals surface area (Å²) in [7, 11) is 1.35. The van der Waals surface area contributed by atoms with E-state index in [9.17, 15) is 9.59 Å². The molecule has 0 spiro atoms. The van der Waals surface area contributed by atoms with Gasteiger partial charge in [-0.1, -0.05) is 23.8 Å². The standard InChI is InChI=1S/C23H27NO3S/c1-16-21(23(26)27-2)20(15-18-9-11-19(28-3)12-10-18)22(25)24(16)14-13-17-7-5-4-6-8-17/h7,9-12,15H,4-6,8,13-14H2,1-3H3/b20-15-. The molecule has 1 aliphatic carbocycles. The van der Waals surface area contributed by atoms with E-state index in [-0.39, 0.29) is 5.91 Å². The zero-order valence-corrected chi connectivity index (χ0v) is 17.6. The van der Waals surface area contributed by atoms with Gasteiger partial charge in [0.2, 0.25) is 0 Å². The first-order chi connectivity index (χ1) is 13.5. The maximum Gasteiger partial charge on any atom is 0.340 e. The van der Waals surface area contributed by atoms with E-state index >= 15 is 0 Å². The third-order valence-corrected chi connectivity index (χ3v) is 6.11. The Labute approximate surface area is 171 Å². The molecule has 0 atom stereocenters. The van der Waals surface area contributed by atoms with Crippen molar-refractivity contribution in [2.75, 3.05) is 19.9 Å². The van der Waals surface area contributed by atoms with E-state index in [0.717, 1.165) is 29.7 Å². The van der Waals surface area contributed by atoms with Crippen molar-refractivity contribution in [2.24, 2.45) is 0 Å². The van der Waals surface area contributed by atoms with Crippen LogP contribution in [0.4, 0.5) is 0 Å². The van der Waals surface area contributed by atoms with Crippen molar-refractivity contribution >= 4 is 29.7 Å². The molecule has 1 heterocycles. The fraction of sp³-hybridized carbons (Fsp3) is 0.391. The number of methoxy groups -OCH3 is 1. The van der Waals surface area contributed by atoms with Crippen molar-refractivity contribution in [3.8, 4) is 0 Å². The number of thioether (sulfide) groups is 1. The van der Waals surface area contributed by atoms with Gasteiger partial charge in [-0.3, -0.25) is 4.79 Å². The van der Waals surface area contributed by atoms with E-state index in [4.69, 9.17) is 4.74 Å². The summed E-state index contributed by atoms with van der Waals surface area (Å²) in [5, 5.41) is 0. The minimum atomic E-state index is -0.461. The smallest absolute Gasteiger partial charge is 0.340 e. The fourth-order valence-electron chi connectivity index (χ4n) is 3.75. The van der Waals surface area contributed by atoms with Gasteiger partial charge in [-0.05, 0) is 69.1 Å². The van der Waals surface area contributed by atoms with Gasteiger partial charge in [-0.2, -0.15) is 0 Å². The van der Waals surface area contributed by atoms with Crippen molar-refractivity contribution in [1.29, 1.82) is 0 Å². The highest BCUT2D eigenvalue weighted by Gasteiger charge is 2.36. The van der Waals surface area contributed by atoms with E-state index in [1.807, 2.05) is 37.4 Å². The Morgan fingerprint density at radius 1 is 1.25 bits per heavy atom. The van der Waals surface area contributed by atoms with Crippen LogP contribution in [0, 0.1) is 0 Å². The molecule has 0 radical (unpaired) electrons. The number of hydrogen-bond donors (Lipinski definition) is 0. The molecule has 0 aromatic heterocycles. The minimum Gasteiger partial charge on any atom is -0.465 e. The highest BCUT2D eigenvalue weighted by atomic mass is 32.2. The third kappa shape index (κ3) is 4.41. The fourth-order valence-corrected chi connectivity index (χ4v) is 4.16. The number of allylic oxidation sites excluding steroid dienone is 2. The molecule has 5 heteroatoms. The molecule has 1 aromatic carbocycles. The first-order valence-electron chi connectivity index (χ1n) is 9.70. The average Bonchev–Trinajstić information content (AvgIpc) is 2.96. The molecule has 1 aliphatic heterocycles. The summed E-state index contributed by atoms with van der Waals surface area (Å²) in [5.74, 6) is -0.583. The molecule has 3 rings (SSSR count). The second kappa shape index (κ2) is 9.28. The van der Waals surface area contributed by atoms with Gasteiger partial charge in [0.1, 0.15) is 0 Å². The summed E-state index contributed by atoms with van der Waals surface area (Å²) in [6, 6.07) is 7.95. The number of hydrogen-bond acceptors (Lipinski definition) is 4. The highest BCUT2D eigenvalue weighted by molar-refractivity contribution is 7.98. The monoisotopic (exact) mass is 397 g/mol. The van der Waals surface area contributed by atoms with Crippen LogP contribution in [0.15, 0.2) is 57.7 Å². The van der Waals surface area contributed by atoms with Crippen LogP contribution in [0.3, 0.4) is 0 Å². The number of carbonyl (C=O) groups excluding carboxylic acids is 2. The van der Waals surface area contributed by atoms with Crippen molar-refractivity contribution in [2.45, 2.75) is 43.9 Å². The second-order valence-electron chi connectivity index (χ2n) is 7.10. The van der Waals surface area contributed by atoms with Crippen LogP contribution in [0.1, 0.15) is 44.6 Å². The van der Waals surface area contributed by atoms with Gasteiger partial charge in [0, 0.05) is 17.1 Å². The number of ether oxygens (including phenoxy) is 1. The largest absolute Gasteiger partial charge is 0.465 e. The van der Waals surface area contributed by atoms with Crippen LogP contribution in [-0.2, 0) is 14.3 Å². The highest BCUT2D eigenvalue weighted by Crippen LogP contribution is 2.33. The summed E-state index contributed by atoms with van der Waals surface area (Å²) < 4.78 is 4.97. The number of carbonyl (C=O) groups is 2. The number of esters is 1. The zero-order chi connectivity index (χ0) is 20.1. The van der Waals surface area contributed by atoms with Crippen LogP contribution in [0.2, 0.25) is 0 Å². The van der Waals surface area contributed by atoms with Gasteiger partial charge >= 0.3 is 5.97 Å². The number of benzene rings is 1. The number of amides is 1. The molecule has 1 aromatic rings. The average molecular weight is 398 g/mol. The van der Waals surface area contributed by atoms with Gasteiger partial charge in [-0.15, -0.1) is 11.8 Å². The van der Waals surface area contributed by atoms with Gasteiger partial charge in [0.15, 0.2) is 0 Å². The molecule has 4 nitrogen and oxygen atoms in total. The predicted molar refractivity (Wildman–Crippen MR) is 114 cm³/mol. The van der Waals surface area contributed by atoms with Crippen molar-refractivity contribution in [1.82, 2.24) is 4.90 Å². The summed E-state index contributed by atoms with van der Waals surface area (Å²) in [6.45, 7) is 2.43. The van der Waals surface area contributed by atoms with Gasteiger partial charge < -0.3 is 9.64 Å². The lowest BCUT2D eigenvalue weighted by Crippen LogP contribution is -2.26. The van der Waals surface area contributed by atoms with Crippen LogP contribution < -0.4 is 0 Å². The Kier molecular flexibility index (Phi) is 6.79. The summed E-state index contributed by atoms with van der Waals surface area (Å²) in [4.78, 5) is 28.4. The predicted octanol–water partition coefficient (Wildman–Crippen LogP) is 4.97. The first kappa shape index (κ1) is 20.5. The van der Waals surface area contributed by atoms with Crippen LogP contribution in [0.25, 0.3) is 6.08 Å². The quantitative estimate of drug-likeness (QED) is 0.294. The Bertz CT molecular complexity index is 849. The van der Waals surface area contributed by atoms with Gasteiger partial charge in [0.25, 0.3) is 5.91 Å². The third-order valence-electron chi connectivity index (χ3n) is 5.37. The molecule has 28 heavy (non-hydrogen) atoms. The summed E-state index contributed by atoms with van der Waals surface area (Å²) in [6.07, 6.45) is 11.7. The van der Waals surface area contributed by atoms with Crippen LogP contribution in [-0.4, -0.2) is 36.7 Å². The number of nitrogens with zero attached hydrogens (tertiary/aromatic N) is 1. The van der Waals surface area contributed by atoms with Gasteiger partial charge in [0.05, 0.1) is 18.3 Å². The molecule has 0 bridgehead atoms. The van der Waals surface area contributed by atoms with Crippen molar-refractivity contribution in [3.63, 3.8) is 0 Å². The van der Waals surface area contributed by atoms with E-state index in [1.165, 1.54) is 25.5 Å². The Morgan fingerprint density at radius 3 is 2.61 bits per heavy atom. The summed E-state index contributed by atoms with van der Waals surface area (Å²) in [5.41, 5.74) is 3.78. The van der Waals surface area contributed by atoms with E-state index in [0.29, 0.717) is 23.4 Å². The molecule has 0 saturated heterocycles. The Balaban J connectivity index is 1.88. The molecular weight excluding hydrogens is 370 g/mol. The zero-order valence-electron chi connectivity index (χ0n) is 16.8. The molecule has 0 saturated carbocycles. The molecule has 0 unspecified atom stereocenters. The lowest BCUT2D eigenvalue weighted by atomic mass is 9.97. The van der Waals surface area contributed by atoms with Gasteiger partial charge in [-0.25, -0.2) is 4.79 Å². The van der Waals surface area contributed by atoms with Crippen LogP contribution in [0.5, 0.6) is 0 Å².